The minimum absolute atomic E-state index is 0.221. The normalized spacial score (nSPS) is 12.4. The van der Waals surface area contributed by atoms with E-state index in [1.807, 2.05) is 18.2 Å². The monoisotopic (exact) mass is 262 g/mol. The van der Waals surface area contributed by atoms with E-state index >= 15 is 0 Å². The first-order valence-corrected chi connectivity index (χ1v) is 6.19. The first kappa shape index (κ1) is 13.6. The number of aryl methyl sites for hydroxylation is 2. The van der Waals surface area contributed by atoms with Gasteiger partial charge in [0.15, 0.2) is 11.6 Å². The largest absolute Gasteiger partial charge is 0.324 e. The van der Waals surface area contributed by atoms with Crippen molar-refractivity contribution in [2.45, 2.75) is 25.8 Å². The van der Waals surface area contributed by atoms with Gasteiger partial charge in [-0.15, -0.1) is 0 Å². The maximum Gasteiger partial charge on any atom is 0.163 e. The van der Waals surface area contributed by atoms with Gasteiger partial charge < -0.3 is 5.73 Å². The Kier molecular flexibility index (Phi) is 4.22. The van der Waals surface area contributed by atoms with Crippen LogP contribution in [0.2, 0.25) is 0 Å². The van der Waals surface area contributed by atoms with E-state index in [9.17, 15) is 8.78 Å². The van der Waals surface area contributed by atoms with Crippen LogP contribution in [-0.4, -0.2) is 4.98 Å². The third-order valence-electron chi connectivity index (χ3n) is 3.14. The molecule has 2 aromatic rings. The molecule has 2 nitrogen and oxygen atoms in total. The summed E-state index contributed by atoms with van der Waals surface area (Å²) in [4.78, 5) is 4.18. The number of halogens is 2. The molecule has 4 heteroatoms. The summed E-state index contributed by atoms with van der Waals surface area (Å²) in [7, 11) is 0. The van der Waals surface area contributed by atoms with Gasteiger partial charge in [0, 0.05) is 23.5 Å². The summed E-state index contributed by atoms with van der Waals surface area (Å²) >= 11 is 0. The van der Waals surface area contributed by atoms with E-state index in [1.54, 1.807) is 18.3 Å². The Balaban J connectivity index is 2.08. The minimum atomic E-state index is -0.839. The quantitative estimate of drug-likeness (QED) is 0.918. The highest BCUT2D eigenvalue weighted by Gasteiger charge is 2.16. The lowest BCUT2D eigenvalue weighted by Crippen LogP contribution is -2.14. The highest BCUT2D eigenvalue weighted by molar-refractivity contribution is 5.27. The first-order valence-electron chi connectivity index (χ1n) is 6.19. The number of pyridine rings is 1. The number of hydrogen-bond acceptors (Lipinski definition) is 2. The maximum absolute atomic E-state index is 13.8. The van der Waals surface area contributed by atoms with E-state index in [0.29, 0.717) is 12.8 Å². The number of aromatic nitrogens is 1. The summed E-state index contributed by atoms with van der Waals surface area (Å²) in [5.41, 5.74) is 7.33. The molecule has 1 aromatic carbocycles. The topological polar surface area (TPSA) is 38.9 Å². The van der Waals surface area contributed by atoms with Crippen molar-refractivity contribution < 1.29 is 8.78 Å². The zero-order valence-electron chi connectivity index (χ0n) is 10.7. The first-order chi connectivity index (χ1) is 9.09. The smallest absolute Gasteiger partial charge is 0.163 e. The van der Waals surface area contributed by atoms with Crippen LogP contribution in [0.15, 0.2) is 36.5 Å². The molecular weight excluding hydrogens is 246 g/mol. The Morgan fingerprint density at radius 3 is 2.63 bits per heavy atom. The molecule has 19 heavy (non-hydrogen) atoms. The number of nitrogens with zero attached hydrogens (tertiary/aromatic N) is 1. The second kappa shape index (κ2) is 5.89. The lowest BCUT2D eigenvalue weighted by Gasteiger charge is -2.14. The minimum Gasteiger partial charge on any atom is -0.324 e. The van der Waals surface area contributed by atoms with Gasteiger partial charge in [0.1, 0.15) is 0 Å². The predicted molar refractivity (Wildman–Crippen MR) is 70.6 cm³/mol. The van der Waals surface area contributed by atoms with Crippen molar-refractivity contribution in [3.05, 3.63) is 65.0 Å². The van der Waals surface area contributed by atoms with Gasteiger partial charge in [-0.2, -0.15) is 0 Å². The molecule has 0 saturated heterocycles. The molecule has 1 heterocycles. The fourth-order valence-electron chi connectivity index (χ4n) is 1.95. The number of hydrogen-bond donors (Lipinski definition) is 1. The molecule has 1 unspecified atom stereocenters. The molecule has 0 radical (unpaired) electrons. The van der Waals surface area contributed by atoms with E-state index in [1.165, 1.54) is 6.92 Å². The van der Waals surface area contributed by atoms with E-state index in [-0.39, 0.29) is 11.1 Å². The van der Waals surface area contributed by atoms with Gasteiger partial charge in [-0.25, -0.2) is 8.78 Å². The molecule has 0 aliphatic rings. The molecule has 0 spiro atoms. The fraction of sp³-hybridized carbons (Fsp3) is 0.267. The molecular formula is C15H16F2N2. The highest BCUT2D eigenvalue weighted by atomic mass is 19.2. The fourth-order valence-corrected chi connectivity index (χ4v) is 1.95. The van der Waals surface area contributed by atoms with Gasteiger partial charge in [0.2, 0.25) is 0 Å². The summed E-state index contributed by atoms with van der Waals surface area (Å²) in [5, 5.41) is 0. The predicted octanol–water partition coefficient (Wildman–Crippen LogP) is 3.30. The zero-order chi connectivity index (χ0) is 13.8. The standard InChI is InChI=1S/C15H16F2N2/c1-10-5-7-12(15(17)14(10)16)13(18)8-6-11-4-2-3-9-19-11/h2-5,7,9,13H,6,8,18H2,1H3. The lowest BCUT2D eigenvalue weighted by molar-refractivity contribution is 0.478. The van der Waals surface area contributed by atoms with Crippen molar-refractivity contribution in [2.75, 3.05) is 0 Å². The van der Waals surface area contributed by atoms with Crippen LogP contribution in [-0.2, 0) is 6.42 Å². The molecule has 100 valence electrons. The summed E-state index contributed by atoms with van der Waals surface area (Å²) in [6, 6.07) is 8.18. The summed E-state index contributed by atoms with van der Waals surface area (Å²) in [5.74, 6) is -1.65. The van der Waals surface area contributed by atoms with Crippen molar-refractivity contribution in [3.8, 4) is 0 Å². The molecule has 0 fully saturated rings. The molecule has 0 bridgehead atoms. The Labute approximate surface area is 111 Å². The average Bonchev–Trinajstić information content (AvgIpc) is 2.43. The third kappa shape index (κ3) is 3.15. The van der Waals surface area contributed by atoms with Crippen LogP contribution in [0.25, 0.3) is 0 Å². The van der Waals surface area contributed by atoms with E-state index in [4.69, 9.17) is 5.73 Å². The van der Waals surface area contributed by atoms with Crippen LogP contribution in [0.5, 0.6) is 0 Å². The summed E-state index contributed by atoms with van der Waals surface area (Å²) < 4.78 is 27.2. The molecule has 0 aliphatic heterocycles. The summed E-state index contributed by atoms with van der Waals surface area (Å²) in [6.07, 6.45) is 2.86. The van der Waals surface area contributed by atoms with Crippen LogP contribution in [0.1, 0.15) is 29.3 Å². The zero-order valence-corrected chi connectivity index (χ0v) is 10.7. The second-order valence-corrected chi connectivity index (χ2v) is 4.57. The number of nitrogens with two attached hydrogens (primary N) is 1. The Bertz CT molecular complexity index is 556. The van der Waals surface area contributed by atoms with Crippen LogP contribution in [0, 0.1) is 18.6 Å². The Morgan fingerprint density at radius 1 is 1.16 bits per heavy atom. The van der Waals surface area contributed by atoms with Crippen LogP contribution in [0.3, 0.4) is 0 Å². The average molecular weight is 262 g/mol. The van der Waals surface area contributed by atoms with Gasteiger partial charge >= 0.3 is 0 Å². The molecule has 1 aromatic heterocycles. The van der Waals surface area contributed by atoms with Crippen LogP contribution >= 0.6 is 0 Å². The molecule has 2 N–H and O–H groups in total. The number of rotatable bonds is 4. The van der Waals surface area contributed by atoms with Gasteiger partial charge in [0.25, 0.3) is 0 Å². The molecule has 2 rings (SSSR count). The lowest BCUT2D eigenvalue weighted by atomic mass is 9.99. The van der Waals surface area contributed by atoms with Gasteiger partial charge in [-0.1, -0.05) is 18.2 Å². The molecule has 1 atom stereocenters. The van der Waals surface area contributed by atoms with Gasteiger partial charge in [-0.05, 0) is 37.5 Å². The van der Waals surface area contributed by atoms with Crippen molar-refractivity contribution in [1.82, 2.24) is 4.98 Å². The Hall–Kier alpha value is -1.81. The van der Waals surface area contributed by atoms with E-state index in [0.717, 1.165) is 5.69 Å². The molecule has 0 aliphatic carbocycles. The van der Waals surface area contributed by atoms with Crippen molar-refractivity contribution >= 4 is 0 Å². The summed E-state index contributed by atoms with van der Waals surface area (Å²) in [6.45, 7) is 1.53. The van der Waals surface area contributed by atoms with Gasteiger partial charge in [0.05, 0.1) is 0 Å². The van der Waals surface area contributed by atoms with E-state index < -0.39 is 17.7 Å². The third-order valence-corrected chi connectivity index (χ3v) is 3.14. The van der Waals surface area contributed by atoms with Crippen molar-refractivity contribution in [2.24, 2.45) is 5.73 Å². The van der Waals surface area contributed by atoms with E-state index in [2.05, 4.69) is 4.98 Å². The SMILES string of the molecule is Cc1ccc(C(N)CCc2ccccn2)c(F)c1F. The van der Waals surface area contributed by atoms with Crippen molar-refractivity contribution in [3.63, 3.8) is 0 Å². The molecule has 0 saturated carbocycles. The highest BCUT2D eigenvalue weighted by Crippen LogP contribution is 2.23. The van der Waals surface area contributed by atoms with Crippen molar-refractivity contribution in [1.29, 1.82) is 0 Å². The van der Waals surface area contributed by atoms with Gasteiger partial charge in [-0.3, -0.25) is 4.98 Å². The second-order valence-electron chi connectivity index (χ2n) is 4.57. The van der Waals surface area contributed by atoms with Crippen LogP contribution < -0.4 is 5.73 Å². The molecule has 0 amide bonds. The number of benzene rings is 1. The maximum atomic E-state index is 13.8. The van der Waals surface area contributed by atoms with Crippen LogP contribution in [0.4, 0.5) is 8.78 Å². The Morgan fingerprint density at radius 2 is 1.95 bits per heavy atom.